The maximum Gasteiger partial charge on any atom is 0.150 e. The molecule has 0 atom stereocenters. The highest BCUT2D eigenvalue weighted by Crippen LogP contribution is 2.21. The zero-order chi connectivity index (χ0) is 13.1. The first-order valence-electron chi connectivity index (χ1n) is 6.38. The highest BCUT2D eigenvalue weighted by Gasteiger charge is 2.08. The van der Waals surface area contributed by atoms with E-state index in [0.717, 1.165) is 38.1 Å². The topological polar surface area (TPSA) is 59.4 Å². The molecule has 20 heavy (non-hydrogen) atoms. The first kappa shape index (κ1) is 9.91. The van der Waals surface area contributed by atoms with Crippen LogP contribution in [0.25, 0.3) is 28.3 Å². The Bertz CT molecular complexity index is 1150. The van der Waals surface area contributed by atoms with Crippen molar-refractivity contribution in [1.82, 2.24) is 24.5 Å². The summed E-state index contributed by atoms with van der Waals surface area (Å²) in [5.74, 6) is 0. The lowest BCUT2D eigenvalue weighted by Crippen LogP contribution is -2.09. The number of pyridine rings is 1. The molecule has 0 radical (unpaired) electrons. The second-order valence-corrected chi connectivity index (χ2v) is 4.83. The van der Waals surface area contributed by atoms with Crippen LogP contribution < -0.4 is 5.35 Å². The van der Waals surface area contributed by atoms with E-state index in [-0.39, 0.29) is 0 Å². The van der Waals surface area contributed by atoms with E-state index in [4.69, 9.17) is 0 Å². The van der Waals surface area contributed by atoms with Gasteiger partial charge in [-0.25, -0.2) is 9.97 Å². The van der Waals surface area contributed by atoms with Crippen LogP contribution in [0.15, 0.2) is 42.9 Å². The minimum Gasteiger partial charge on any atom is -0.353 e. The summed E-state index contributed by atoms with van der Waals surface area (Å²) >= 11 is 0. The molecule has 5 rings (SSSR count). The van der Waals surface area contributed by atoms with Crippen LogP contribution in [0.4, 0.5) is 0 Å². The molecule has 0 aromatic carbocycles. The molecule has 0 fully saturated rings. The first-order valence-corrected chi connectivity index (χ1v) is 6.38. The molecule has 1 N–H and O–H groups in total. The molecule has 94 valence electrons. The van der Waals surface area contributed by atoms with Crippen LogP contribution in [-0.4, -0.2) is 24.5 Å². The van der Waals surface area contributed by atoms with Gasteiger partial charge in [0, 0.05) is 12.4 Å². The summed E-state index contributed by atoms with van der Waals surface area (Å²) in [7, 11) is 0. The fourth-order valence-electron chi connectivity index (χ4n) is 2.80. The monoisotopic (exact) mass is 259 g/mol. The summed E-state index contributed by atoms with van der Waals surface area (Å²) in [6.45, 7) is 0. The van der Waals surface area contributed by atoms with E-state index in [1.54, 1.807) is 12.5 Å². The van der Waals surface area contributed by atoms with Crippen LogP contribution >= 0.6 is 0 Å². The van der Waals surface area contributed by atoms with Crippen molar-refractivity contribution in [3.8, 4) is 0 Å². The Morgan fingerprint density at radius 1 is 0.900 bits per heavy atom. The smallest absolute Gasteiger partial charge is 0.150 e. The first-order chi connectivity index (χ1) is 9.90. The average Bonchev–Trinajstić information content (AvgIpc) is 2.79. The van der Waals surface area contributed by atoms with Crippen molar-refractivity contribution in [1.29, 1.82) is 0 Å². The lowest BCUT2D eigenvalue weighted by molar-refractivity contribution is 1.02. The van der Waals surface area contributed by atoms with Crippen molar-refractivity contribution in [3.05, 3.63) is 58.9 Å². The summed E-state index contributed by atoms with van der Waals surface area (Å²) in [4.78, 5) is 16.6. The summed E-state index contributed by atoms with van der Waals surface area (Å²) in [6.07, 6.45) is 5.44. The number of aromatic amines is 1. The van der Waals surface area contributed by atoms with Crippen LogP contribution in [0.2, 0.25) is 0 Å². The van der Waals surface area contributed by atoms with Crippen LogP contribution in [0, 0.1) is 10.7 Å². The fourth-order valence-corrected chi connectivity index (χ4v) is 2.80. The van der Waals surface area contributed by atoms with Gasteiger partial charge in [-0.15, -0.1) is 0 Å². The van der Waals surface area contributed by atoms with E-state index in [9.17, 15) is 0 Å². The second kappa shape index (κ2) is 3.33. The summed E-state index contributed by atoms with van der Waals surface area (Å²) in [5, 5.41) is 4.20. The second-order valence-electron chi connectivity index (χ2n) is 4.83. The Balaban J connectivity index is 2.25. The van der Waals surface area contributed by atoms with Gasteiger partial charge in [0.25, 0.3) is 0 Å². The number of nitrogens with zero attached hydrogens (tertiary/aromatic N) is 4. The molecule has 4 aromatic heterocycles. The standard InChI is InChI=1S/C15H9N5/c1-2-10-13-4-3-11-14-12(5-6-16-11)17-8-18-15(14)20(13)7-9(1)19-10/h1-8,19H. The Morgan fingerprint density at radius 3 is 2.85 bits per heavy atom. The molecule has 1 aliphatic rings. The van der Waals surface area contributed by atoms with Crippen LogP contribution in [0.3, 0.4) is 0 Å². The van der Waals surface area contributed by atoms with E-state index in [0.29, 0.717) is 0 Å². The molecule has 5 heterocycles. The third-order valence-corrected chi connectivity index (χ3v) is 3.70. The minimum atomic E-state index is 0.873. The van der Waals surface area contributed by atoms with Gasteiger partial charge in [-0.2, -0.15) is 0 Å². The van der Waals surface area contributed by atoms with Gasteiger partial charge in [0.2, 0.25) is 0 Å². The van der Waals surface area contributed by atoms with Gasteiger partial charge >= 0.3 is 0 Å². The molecule has 1 aliphatic heterocycles. The molecule has 2 bridgehead atoms. The molecule has 0 unspecified atom stereocenters. The highest BCUT2D eigenvalue weighted by molar-refractivity contribution is 6.03. The van der Waals surface area contributed by atoms with Gasteiger partial charge in [-0.1, -0.05) is 0 Å². The zero-order valence-electron chi connectivity index (χ0n) is 10.4. The van der Waals surface area contributed by atoms with Crippen LogP contribution in [-0.2, 0) is 0 Å². The minimum absolute atomic E-state index is 0.873. The maximum atomic E-state index is 4.48. The van der Waals surface area contributed by atoms with E-state index < -0.39 is 0 Å². The number of hydrogen-bond acceptors (Lipinski definition) is 3. The molecular weight excluding hydrogens is 250 g/mol. The molecule has 0 spiro atoms. The van der Waals surface area contributed by atoms with Gasteiger partial charge in [-0.3, -0.25) is 9.55 Å². The van der Waals surface area contributed by atoms with Crippen molar-refractivity contribution >= 4 is 28.3 Å². The van der Waals surface area contributed by atoms with E-state index >= 15 is 0 Å². The zero-order valence-corrected chi connectivity index (χ0v) is 10.4. The lowest BCUT2D eigenvalue weighted by atomic mass is 10.2. The van der Waals surface area contributed by atoms with Gasteiger partial charge < -0.3 is 4.98 Å². The van der Waals surface area contributed by atoms with Crippen molar-refractivity contribution < 1.29 is 0 Å². The SMILES string of the molecule is C1=c2ccc([nH]2)=c2ccc3nccc4ncnc(c34)n21. The molecule has 0 saturated heterocycles. The van der Waals surface area contributed by atoms with E-state index in [2.05, 4.69) is 48.9 Å². The largest absolute Gasteiger partial charge is 0.353 e. The van der Waals surface area contributed by atoms with Gasteiger partial charge in [0.05, 0.1) is 32.5 Å². The van der Waals surface area contributed by atoms with Crippen molar-refractivity contribution in [2.75, 3.05) is 0 Å². The quantitative estimate of drug-likeness (QED) is 0.458. The van der Waals surface area contributed by atoms with Gasteiger partial charge in [0.1, 0.15) is 6.33 Å². The number of rotatable bonds is 0. The summed E-state index contributed by atoms with van der Waals surface area (Å²) < 4.78 is 2.10. The van der Waals surface area contributed by atoms with Crippen molar-refractivity contribution in [2.24, 2.45) is 0 Å². The number of hydrogen-bond donors (Lipinski definition) is 1. The Kier molecular flexibility index (Phi) is 1.65. The molecule has 0 amide bonds. The highest BCUT2D eigenvalue weighted by atomic mass is 15.0. The van der Waals surface area contributed by atoms with Crippen LogP contribution in [0.1, 0.15) is 0 Å². The number of H-pyrrole nitrogens is 1. The van der Waals surface area contributed by atoms with Crippen molar-refractivity contribution in [3.63, 3.8) is 0 Å². The summed E-state index contributed by atoms with van der Waals surface area (Å²) in [6, 6.07) is 10.1. The van der Waals surface area contributed by atoms with Crippen LogP contribution in [0.5, 0.6) is 0 Å². The maximum absolute atomic E-state index is 4.48. The molecule has 0 saturated carbocycles. The van der Waals surface area contributed by atoms with Gasteiger partial charge in [-0.05, 0) is 30.3 Å². The molecule has 5 nitrogen and oxygen atoms in total. The Hall–Kier alpha value is -2.95. The number of aromatic nitrogens is 5. The third-order valence-electron chi connectivity index (χ3n) is 3.70. The lowest BCUT2D eigenvalue weighted by Gasteiger charge is -2.05. The molecule has 4 aromatic rings. The van der Waals surface area contributed by atoms with E-state index in [1.165, 1.54) is 0 Å². The predicted octanol–water partition coefficient (Wildman–Crippen LogP) is 1.48. The van der Waals surface area contributed by atoms with Crippen molar-refractivity contribution in [2.45, 2.75) is 0 Å². The third kappa shape index (κ3) is 1.14. The normalized spacial score (nSPS) is 12.4. The molecule has 0 aliphatic carbocycles. The fraction of sp³-hybridized carbons (Fsp3) is 0. The number of fused-ring (bicyclic) bond motifs is 4. The predicted molar refractivity (Wildman–Crippen MR) is 75.2 cm³/mol. The Labute approximate surface area is 112 Å². The molecular formula is C15H9N5. The van der Waals surface area contributed by atoms with Gasteiger partial charge in [0.15, 0.2) is 5.65 Å². The molecule has 5 heteroatoms. The average molecular weight is 259 g/mol. The summed E-state index contributed by atoms with van der Waals surface area (Å²) in [5.41, 5.74) is 2.69. The number of nitrogens with one attached hydrogen (secondary N) is 1. The van der Waals surface area contributed by atoms with E-state index in [1.807, 2.05) is 12.1 Å². The Morgan fingerprint density at radius 2 is 1.85 bits per heavy atom.